The maximum absolute atomic E-state index is 12.9. The van der Waals surface area contributed by atoms with E-state index in [-0.39, 0.29) is 29.7 Å². The summed E-state index contributed by atoms with van der Waals surface area (Å²) < 4.78 is 22.5. The normalized spacial score (nSPS) is 22.1. The van der Waals surface area contributed by atoms with E-state index in [1.54, 1.807) is 42.5 Å². The van der Waals surface area contributed by atoms with Gasteiger partial charge in [0, 0.05) is 10.9 Å². The standard InChI is InChI=1S/C24H21BrO7/c1-29-23(27)14-6-8-15(9-7-14)31-21-13-30-20-12-16(10-11-18(20)22(21)26)32-24(28)17-4-2-3-5-19(17)25/h2-9,13,16,18,20H,10-12H2,1H3. The number of hydrogen-bond acceptors (Lipinski definition) is 7. The minimum absolute atomic E-state index is 0.112. The second-order valence-electron chi connectivity index (χ2n) is 7.57. The van der Waals surface area contributed by atoms with Crippen LogP contribution in [-0.2, 0) is 19.0 Å². The van der Waals surface area contributed by atoms with Crippen molar-refractivity contribution in [3.8, 4) is 5.75 Å². The van der Waals surface area contributed by atoms with Crippen LogP contribution in [0.1, 0.15) is 40.0 Å². The fraction of sp³-hybridized carbons (Fsp3) is 0.292. The molecule has 1 heterocycles. The molecule has 4 rings (SSSR count). The zero-order valence-electron chi connectivity index (χ0n) is 17.3. The summed E-state index contributed by atoms with van der Waals surface area (Å²) in [5.41, 5.74) is 0.847. The van der Waals surface area contributed by atoms with Crippen molar-refractivity contribution in [2.45, 2.75) is 31.5 Å². The summed E-state index contributed by atoms with van der Waals surface area (Å²) >= 11 is 3.36. The molecule has 8 heteroatoms. The molecule has 0 spiro atoms. The molecule has 0 amide bonds. The van der Waals surface area contributed by atoms with Gasteiger partial charge in [-0.3, -0.25) is 4.79 Å². The molecule has 0 radical (unpaired) electrons. The summed E-state index contributed by atoms with van der Waals surface area (Å²) in [6.45, 7) is 0. The molecule has 0 saturated heterocycles. The Bertz CT molecular complexity index is 1060. The van der Waals surface area contributed by atoms with Crippen molar-refractivity contribution in [1.82, 2.24) is 0 Å². The summed E-state index contributed by atoms with van der Waals surface area (Å²) in [5.74, 6) is -0.835. The number of esters is 2. The van der Waals surface area contributed by atoms with Gasteiger partial charge in [-0.25, -0.2) is 9.59 Å². The predicted molar refractivity (Wildman–Crippen MR) is 117 cm³/mol. The van der Waals surface area contributed by atoms with Crippen LogP contribution in [-0.4, -0.2) is 37.0 Å². The molecule has 2 aromatic carbocycles. The highest BCUT2D eigenvalue weighted by Crippen LogP contribution is 2.35. The molecule has 7 nitrogen and oxygen atoms in total. The Hall–Kier alpha value is -3.13. The Morgan fingerprint density at radius 2 is 1.78 bits per heavy atom. The van der Waals surface area contributed by atoms with Gasteiger partial charge < -0.3 is 18.9 Å². The van der Waals surface area contributed by atoms with Crippen LogP contribution in [0.4, 0.5) is 0 Å². The number of carbonyl (C=O) groups is 3. The van der Waals surface area contributed by atoms with Crippen molar-refractivity contribution >= 4 is 33.7 Å². The third-order valence-electron chi connectivity index (χ3n) is 5.54. The Morgan fingerprint density at radius 3 is 2.50 bits per heavy atom. The highest BCUT2D eigenvalue weighted by Gasteiger charge is 2.42. The Kier molecular flexibility index (Phi) is 6.60. The summed E-state index contributed by atoms with van der Waals surface area (Å²) in [4.78, 5) is 36.9. The second kappa shape index (κ2) is 9.56. The maximum atomic E-state index is 12.9. The lowest BCUT2D eigenvalue weighted by Crippen LogP contribution is -2.43. The number of ketones is 1. The molecule has 32 heavy (non-hydrogen) atoms. The van der Waals surface area contributed by atoms with Gasteiger partial charge in [0.15, 0.2) is 0 Å². The van der Waals surface area contributed by atoms with Crippen LogP contribution in [0.3, 0.4) is 0 Å². The lowest BCUT2D eigenvalue weighted by Gasteiger charge is -2.36. The molecule has 1 aliphatic heterocycles. The van der Waals surface area contributed by atoms with E-state index in [1.807, 2.05) is 6.07 Å². The van der Waals surface area contributed by atoms with E-state index in [0.29, 0.717) is 40.6 Å². The number of rotatable bonds is 5. The van der Waals surface area contributed by atoms with Crippen molar-refractivity contribution in [2.24, 2.45) is 5.92 Å². The first-order chi connectivity index (χ1) is 15.5. The molecule has 1 saturated carbocycles. The van der Waals surface area contributed by atoms with Crippen LogP contribution < -0.4 is 4.74 Å². The van der Waals surface area contributed by atoms with Gasteiger partial charge >= 0.3 is 11.9 Å². The number of allylic oxidation sites excluding steroid dienone is 1. The van der Waals surface area contributed by atoms with Crippen molar-refractivity contribution in [2.75, 3.05) is 7.11 Å². The molecule has 2 aliphatic rings. The molecule has 0 bridgehead atoms. The number of carbonyl (C=O) groups excluding carboxylic acids is 3. The lowest BCUT2D eigenvalue weighted by molar-refractivity contribution is -0.132. The van der Waals surface area contributed by atoms with Gasteiger partial charge in [0.2, 0.25) is 11.5 Å². The van der Waals surface area contributed by atoms with Crippen LogP contribution in [0, 0.1) is 5.92 Å². The van der Waals surface area contributed by atoms with E-state index < -0.39 is 11.9 Å². The van der Waals surface area contributed by atoms with Crippen LogP contribution >= 0.6 is 15.9 Å². The molecule has 1 fully saturated rings. The number of ether oxygens (including phenoxy) is 4. The van der Waals surface area contributed by atoms with E-state index in [1.165, 1.54) is 13.4 Å². The van der Waals surface area contributed by atoms with E-state index >= 15 is 0 Å². The summed E-state index contributed by atoms with van der Waals surface area (Å²) in [7, 11) is 1.31. The van der Waals surface area contributed by atoms with Crippen molar-refractivity contribution < 1.29 is 33.3 Å². The van der Waals surface area contributed by atoms with Crippen molar-refractivity contribution in [3.63, 3.8) is 0 Å². The van der Waals surface area contributed by atoms with Crippen LogP contribution in [0.2, 0.25) is 0 Å². The van der Waals surface area contributed by atoms with E-state index in [0.717, 1.165) is 0 Å². The van der Waals surface area contributed by atoms with Gasteiger partial charge in [-0.1, -0.05) is 12.1 Å². The van der Waals surface area contributed by atoms with Gasteiger partial charge in [-0.15, -0.1) is 0 Å². The first-order valence-corrected chi connectivity index (χ1v) is 11.0. The number of methoxy groups -OCH3 is 1. The fourth-order valence-corrected chi connectivity index (χ4v) is 4.31. The Balaban J connectivity index is 1.37. The van der Waals surface area contributed by atoms with Crippen LogP contribution in [0.5, 0.6) is 5.75 Å². The molecular formula is C24H21BrO7. The first-order valence-electron chi connectivity index (χ1n) is 10.2. The van der Waals surface area contributed by atoms with E-state index in [9.17, 15) is 14.4 Å². The molecule has 2 aromatic rings. The third kappa shape index (κ3) is 4.70. The molecule has 0 aromatic heterocycles. The lowest BCUT2D eigenvalue weighted by atomic mass is 9.80. The Morgan fingerprint density at radius 1 is 1.03 bits per heavy atom. The average Bonchev–Trinajstić information content (AvgIpc) is 2.81. The molecule has 3 atom stereocenters. The summed E-state index contributed by atoms with van der Waals surface area (Å²) in [5, 5.41) is 0. The number of benzene rings is 2. The number of fused-ring (bicyclic) bond motifs is 1. The molecule has 3 unspecified atom stereocenters. The molecule has 0 N–H and O–H groups in total. The number of Topliss-reactive ketones (excluding diaryl/α,β-unsaturated/α-hetero) is 1. The van der Waals surface area contributed by atoms with Crippen molar-refractivity contribution in [3.05, 3.63) is 76.2 Å². The predicted octanol–water partition coefficient (Wildman–Crippen LogP) is 4.45. The first kappa shape index (κ1) is 22.1. The maximum Gasteiger partial charge on any atom is 0.339 e. The summed E-state index contributed by atoms with van der Waals surface area (Å²) in [6.07, 6.45) is 2.14. The minimum Gasteiger partial charge on any atom is -0.493 e. The van der Waals surface area contributed by atoms with Crippen LogP contribution in [0.15, 0.2) is 65.0 Å². The number of hydrogen-bond donors (Lipinski definition) is 0. The molecule has 1 aliphatic carbocycles. The topological polar surface area (TPSA) is 88.1 Å². The molecular weight excluding hydrogens is 480 g/mol. The van der Waals surface area contributed by atoms with E-state index in [4.69, 9.17) is 14.2 Å². The van der Waals surface area contributed by atoms with Gasteiger partial charge in [0.25, 0.3) is 0 Å². The van der Waals surface area contributed by atoms with Crippen molar-refractivity contribution in [1.29, 1.82) is 0 Å². The fourth-order valence-electron chi connectivity index (χ4n) is 3.86. The zero-order valence-corrected chi connectivity index (χ0v) is 18.9. The zero-order chi connectivity index (χ0) is 22.7. The third-order valence-corrected chi connectivity index (χ3v) is 6.24. The summed E-state index contributed by atoms with van der Waals surface area (Å²) in [6, 6.07) is 13.4. The van der Waals surface area contributed by atoms with Crippen LogP contribution in [0.25, 0.3) is 0 Å². The molecule has 166 valence electrons. The monoisotopic (exact) mass is 500 g/mol. The van der Waals surface area contributed by atoms with Gasteiger partial charge in [0.1, 0.15) is 24.2 Å². The van der Waals surface area contributed by atoms with E-state index in [2.05, 4.69) is 20.7 Å². The Labute approximate surface area is 193 Å². The number of halogens is 1. The minimum atomic E-state index is -0.451. The quantitative estimate of drug-likeness (QED) is 0.560. The highest BCUT2D eigenvalue weighted by molar-refractivity contribution is 9.10. The highest BCUT2D eigenvalue weighted by atomic mass is 79.9. The van der Waals surface area contributed by atoms with Gasteiger partial charge in [-0.2, -0.15) is 0 Å². The van der Waals surface area contributed by atoms with Gasteiger partial charge in [-0.05, 0) is 65.2 Å². The second-order valence-corrected chi connectivity index (χ2v) is 8.42. The smallest absolute Gasteiger partial charge is 0.339 e. The van der Waals surface area contributed by atoms with Gasteiger partial charge in [0.05, 0.1) is 24.2 Å². The SMILES string of the molecule is COC(=O)c1ccc(OC2=COC3CC(OC(=O)c4ccccc4Br)CCC3C2=O)cc1. The largest absolute Gasteiger partial charge is 0.493 e. The average molecular weight is 501 g/mol.